The summed E-state index contributed by atoms with van der Waals surface area (Å²) in [6.07, 6.45) is 1.58. The summed E-state index contributed by atoms with van der Waals surface area (Å²) in [5.74, 6) is 0.902. The van der Waals surface area contributed by atoms with Crippen molar-refractivity contribution >= 4 is 28.3 Å². The molecule has 0 spiro atoms. The molecule has 20 heavy (non-hydrogen) atoms. The fourth-order valence-corrected chi connectivity index (χ4v) is 2.34. The summed E-state index contributed by atoms with van der Waals surface area (Å²) in [6, 6.07) is 9.98. The van der Waals surface area contributed by atoms with E-state index in [-0.39, 0.29) is 0 Å². The number of tetrazole rings is 1. The van der Waals surface area contributed by atoms with E-state index >= 15 is 0 Å². The number of benzene rings is 1. The third-order valence-electron chi connectivity index (χ3n) is 2.90. The van der Waals surface area contributed by atoms with Crippen LogP contribution in [0.2, 0.25) is 0 Å². The summed E-state index contributed by atoms with van der Waals surface area (Å²) in [4.78, 5) is 0. The Labute approximate surface area is 129 Å². The molecule has 0 saturated carbocycles. The van der Waals surface area contributed by atoms with Crippen LogP contribution in [-0.4, -0.2) is 20.2 Å². The standard InChI is InChI=1S/C13H12IN5O/c1-9-2-3-10(6-12(9)19-8-16-17-18-19)15-7-11-4-5-13(14)20-11/h2-6,8,15H,7H2,1H3. The maximum absolute atomic E-state index is 5.52. The number of halogens is 1. The lowest BCUT2D eigenvalue weighted by Crippen LogP contribution is -2.02. The average molecular weight is 381 g/mol. The van der Waals surface area contributed by atoms with E-state index in [1.165, 1.54) is 0 Å². The van der Waals surface area contributed by atoms with Crippen LogP contribution < -0.4 is 5.32 Å². The Kier molecular flexibility index (Phi) is 3.68. The van der Waals surface area contributed by atoms with Crippen molar-refractivity contribution < 1.29 is 4.42 Å². The van der Waals surface area contributed by atoms with Gasteiger partial charge >= 0.3 is 0 Å². The van der Waals surface area contributed by atoms with Gasteiger partial charge in [-0.1, -0.05) is 6.07 Å². The van der Waals surface area contributed by atoms with Crippen LogP contribution in [0.1, 0.15) is 11.3 Å². The SMILES string of the molecule is Cc1ccc(NCc2ccc(I)o2)cc1-n1cnnn1. The Balaban J connectivity index is 1.79. The zero-order valence-corrected chi connectivity index (χ0v) is 12.9. The van der Waals surface area contributed by atoms with E-state index < -0.39 is 0 Å². The second-order valence-electron chi connectivity index (χ2n) is 4.32. The highest BCUT2D eigenvalue weighted by atomic mass is 127. The van der Waals surface area contributed by atoms with Gasteiger partial charge in [0.1, 0.15) is 12.1 Å². The molecule has 0 amide bonds. The van der Waals surface area contributed by atoms with Crippen LogP contribution in [0.25, 0.3) is 5.69 Å². The third kappa shape index (κ3) is 2.82. The maximum Gasteiger partial charge on any atom is 0.164 e. The lowest BCUT2D eigenvalue weighted by Gasteiger charge is -2.09. The van der Waals surface area contributed by atoms with Crippen molar-refractivity contribution in [1.82, 2.24) is 20.2 Å². The molecule has 0 fully saturated rings. The number of rotatable bonds is 4. The summed E-state index contributed by atoms with van der Waals surface area (Å²) in [7, 11) is 0. The normalized spacial score (nSPS) is 10.7. The zero-order chi connectivity index (χ0) is 13.9. The van der Waals surface area contributed by atoms with Gasteiger partial charge in [0.2, 0.25) is 0 Å². The first-order valence-electron chi connectivity index (χ1n) is 6.04. The molecule has 0 atom stereocenters. The van der Waals surface area contributed by atoms with Crippen molar-refractivity contribution in [2.75, 3.05) is 5.32 Å². The molecule has 0 aliphatic heterocycles. The number of nitrogens with zero attached hydrogens (tertiary/aromatic N) is 4. The van der Waals surface area contributed by atoms with Crippen molar-refractivity contribution in [2.24, 2.45) is 0 Å². The molecule has 2 heterocycles. The fraction of sp³-hybridized carbons (Fsp3) is 0.154. The van der Waals surface area contributed by atoms with Crippen LogP contribution in [0.3, 0.4) is 0 Å². The van der Waals surface area contributed by atoms with Crippen LogP contribution in [0.4, 0.5) is 5.69 Å². The van der Waals surface area contributed by atoms with Crippen LogP contribution in [0.15, 0.2) is 41.1 Å². The predicted molar refractivity (Wildman–Crippen MR) is 82.6 cm³/mol. The Morgan fingerprint density at radius 2 is 2.20 bits per heavy atom. The highest BCUT2D eigenvalue weighted by Crippen LogP contribution is 2.19. The second kappa shape index (κ2) is 5.61. The molecule has 3 rings (SSSR count). The first-order valence-corrected chi connectivity index (χ1v) is 7.12. The molecule has 2 aromatic heterocycles. The van der Waals surface area contributed by atoms with Gasteiger partial charge in [0.25, 0.3) is 0 Å². The Morgan fingerprint density at radius 3 is 2.90 bits per heavy atom. The van der Waals surface area contributed by atoms with E-state index in [2.05, 4.69) is 43.4 Å². The number of nitrogens with one attached hydrogen (secondary N) is 1. The smallest absolute Gasteiger partial charge is 0.164 e. The lowest BCUT2D eigenvalue weighted by molar-refractivity contribution is 0.493. The molecule has 0 saturated heterocycles. The zero-order valence-electron chi connectivity index (χ0n) is 10.7. The van der Waals surface area contributed by atoms with Crippen molar-refractivity contribution in [3.05, 3.63) is 51.7 Å². The molecular weight excluding hydrogens is 369 g/mol. The number of aromatic nitrogens is 4. The summed E-state index contributed by atoms with van der Waals surface area (Å²) >= 11 is 2.15. The number of hydrogen-bond donors (Lipinski definition) is 1. The molecule has 0 aliphatic rings. The van der Waals surface area contributed by atoms with Gasteiger partial charge in [-0.05, 0) is 69.8 Å². The van der Waals surface area contributed by atoms with Crippen molar-refractivity contribution in [2.45, 2.75) is 13.5 Å². The van der Waals surface area contributed by atoms with E-state index in [1.807, 2.05) is 37.3 Å². The molecule has 102 valence electrons. The molecule has 6 nitrogen and oxygen atoms in total. The van der Waals surface area contributed by atoms with Gasteiger partial charge in [0, 0.05) is 5.69 Å². The minimum Gasteiger partial charge on any atom is -0.454 e. The van der Waals surface area contributed by atoms with Gasteiger partial charge in [0.15, 0.2) is 3.77 Å². The summed E-state index contributed by atoms with van der Waals surface area (Å²) in [6.45, 7) is 2.66. The van der Waals surface area contributed by atoms with Crippen LogP contribution in [0, 0.1) is 10.7 Å². The van der Waals surface area contributed by atoms with Gasteiger partial charge < -0.3 is 9.73 Å². The van der Waals surface area contributed by atoms with Gasteiger partial charge in [0.05, 0.1) is 12.2 Å². The maximum atomic E-state index is 5.52. The monoisotopic (exact) mass is 381 g/mol. The van der Waals surface area contributed by atoms with Crippen LogP contribution >= 0.6 is 22.6 Å². The summed E-state index contributed by atoms with van der Waals surface area (Å²) < 4.78 is 8.05. The third-order valence-corrected chi connectivity index (χ3v) is 3.48. The molecule has 7 heteroatoms. The van der Waals surface area contributed by atoms with E-state index in [9.17, 15) is 0 Å². The minimum atomic E-state index is 0.640. The molecule has 0 unspecified atom stereocenters. The van der Waals surface area contributed by atoms with Gasteiger partial charge in [-0.25, -0.2) is 4.68 Å². The minimum absolute atomic E-state index is 0.640. The number of anilines is 1. The van der Waals surface area contributed by atoms with Gasteiger partial charge in [-0.3, -0.25) is 0 Å². The largest absolute Gasteiger partial charge is 0.454 e. The molecule has 1 N–H and O–H groups in total. The molecule has 1 aromatic carbocycles. The second-order valence-corrected chi connectivity index (χ2v) is 5.38. The lowest BCUT2D eigenvalue weighted by atomic mass is 10.2. The number of hydrogen-bond acceptors (Lipinski definition) is 5. The summed E-state index contributed by atoms with van der Waals surface area (Å²) in [5.41, 5.74) is 3.05. The van der Waals surface area contributed by atoms with Crippen LogP contribution in [-0.2, 0) is 6.54 Å². The van der Waals surface area contributed by atoms with Gasteiger partial charge in [-0.2, -0.15) is 0 Å². The van der Waals surface area contributed by atoms with E-state index in [1.54, 1.807) is 11.0 Å². The van der Waals surface area contributed by atoms with Crippen molar-refractivity contribution in [3.8, 4) is 5.69 Å². The quantitative estimate of drug-likeness (QED) is 0.704. The Bertz CT molecular complexity index is 707. The Hall–Kier alpha value is -1.90. The first-order chi connectivity index (χ1) is 9.72. The molecular formula is C13H12IN5O. The average Bonchev–Trinajstić information content (AvgIpc) is 3.09. The van der Waals surface area contributed by atoms with Crippen molar-refractivity contribution in [1.29, 1.82) is 0 Å². The topological polar surface area (TPSA) is 68.8 Å². The predicted octanol–water partition coefficient (Wildman–Crippen LogP) is 2.78. The molecule has 0 radical (unpaired) electrons. The Morgan fingerprint density at radius 1 is 1.30 bits per heavy atom. The van der Waals surface area contributed by atoms with E-state index in [4.69, 9.17) is 4.42 Å². The first kappa shape index (κ1) is 13.1. The number of aryl methyl sites for hydroxylation is 1. The molecule has 3 aromatic rings. The fourth-order valence-electron chi connectivity index (χ4n) is 1.87. The molecule has 0 aliphatic carbocycles. The summed E-state index contributed by atoms with van der Waals surface area (Å²) in [5, 5.41) is 14.6. The van der Waals surface area contributed by atoms with Crippen LogP contribution in [0.5, 0.6) is 0 Å². The number of furan rings is 1. The van der Waals surface area contributed by atoms with E-state index in [0.717, 1.165) is 26.5 Å². The van der Waals surface area contributed by atoms with Gasteiger partial charge in [-0.15, -0.1) is 5.10 Å². The van der Waals surface area contributed by atoms with E-state index in [0.29, 0.717) is 6.54 Å². The highest BCUT2D eigenvalue weighted by molar-refractivity contribution is 14.1. The highest BCUT2D eigenvalue weighted by Gasteiger charge is 2.05. The molecule has 0 bridgehead atoms. The van der Waals surface area contributed by atoms with Crippen molar-refractivity contribution in [3.63, 3.8) is 0 Å².